The molecule has 4 nitrogen and oxygen atoms in total. The summed E-state index contributed by atoms with van der Waals surface area (Å²) in [5, 5.41) is 0.263. The normalized spacial score (nSPS) is 10.1. The SMILES string of the molecule is Nc1c(Cl)ncnc1-c1cccnc1. The molecule has 0 fully saturated rings. The lowest BCUT2D eigenvalue weighted by Crippen LogP contribution is -1.96. The zero-order valence-corrected chi connectivity index (χ0v) is 7.94. The highest BCUT2D eigenvalue weighted by Crippen LogP contribution is 2.26. The molecule has 0 bridgehead atoms. The van der Waals surface area contributed by atoms with Crippen LogP contribution in [0.5, 0.6) is 0 Å². The zero-order valence-electron chi connectivity index (χ0n) is 7.18. The van der Waals surface area contributed by atoms with Crippen molar-refractivity contribution in [2.45, 2.75) is 0 Å². The number of nitrogens with two attached hydrogens (primary N) is 1. The monoisotopic (exact) mass is 206 g/mol. The second-order valence-electron chi connectivity index (χ2n) is 2.67. The van der Waals surface area contributed by atoms with Gasteiger partial charge in [0.1, 0.15) is 6.33 Å². The van der Waals surface area contributed by atoms with Crippen molar-refractivity contribution in [3.8, 4) is 11.3 Å². The molecule has 0 aliphatic heterocycles. The van der Waals surface area contributed by atoms with Gasteiger partial charge in [-0.15, -0.1) is 0 Å². The summed E-state index contributed by atoms with van der Waals surface area (Å²) >= 11 is 5.77. The molecule has 2 aromatic heterocycles. The van der Waals surface area contributed by atoms with Crippen LogP contribution in [0.15, 0.2) is 30.9 Å². The molecule has 2 N–H and O–H groups in total. The number of nitrogens with zero attached hydrogens (tertiary/aromatic N) is 3. The van der Waals surface area contributed by atoms with Crippen LogP contribution in [0.3, 0.4) is 0 Å². The summed E-state index contributed by atoms with van der Waals surface area (Å²) in [5.74, 6) is 0. The number of anilines is 1. The summed E-state index contributed by atoms with van der Waals surface area (Å²) in [6, 6.07) is 3.67. The van der Waals surface area contributed by atoms with Crippen LogP contribution in [-0.2, 0) is 0 Å². The Morgan fingerprint density at radius 2 is 2.14 bits per heavy atom. The standard InChI is InChI=1S/C9H7ClN4/c10-9-7(11)8(13-5-14-9)6-2-1-3-12-4-6/h1-5H,11H2. The lowest BCUT2D eigenvalue weighted by molar-refractivity contribution is 1.17. The minimum atomic E-state index is 0.263. The minimum absolute atomic E-state index is 0.263. The Morgan fingerprint density at radius 3 is 2.86 bits per heavy atom. The van der Waals surface area contributed by atoms with E-state index in [1.807, 2.05) is 12.1 Å². The van der Waals surface area contributed by atoms with Crippen LogP contribution < -0.4 is 5.73 Å². The van der Waals surface area contributed by atoms with Crippen LogP contribution in [-0.4, -0.2) is 15.0 Å². The Hall–Kier alpha value is -1.68. The Morgan fingerprint density at radius 1 is 1.29 bits per heavy atom. The topological polar surface area (TPSA) is 64.7 Å². The van der Waals surface area contributed by atoms with E-state index in [1.165, 1.54) is 6.33 Å². The fourth-order valence-corrected chi connectivity index (χ4v) is 1.24. The first kappa shape index (κ1) is 8.90. The van der Waals surface area contributed by atoms with Gasteiger partial charge in [0.05, 0.1) is 11.4 Å². The summed E-state index contributed by atoms with van der Waals surface area (Å²) in [5.41, 5.74) is 7.54. The quantitative estimate of drug-likeness (QED) is 0.723. The van der Waals surface area contributed by atoms with Gasteiger partial charge in [0, 0.05) is 18.0 Å². The molecule has 0 aromatic carbocycles. The second-order valence-corrected chi connectivity index (χ2v) is 3.03. The second kappa shape index (κ2) is 3.59. The summed E-state index contributed by atoms with van der Waals surface area (Å²) in [6.07, 6.45) is 4.73. The molecule has 0 saturated heterocycles. The van der Waals surface area contributed by atoms with Crippen molar-refractivity contribution >= 4 is 17.3 Å². The molecular formula is C9H7ClN4. The van der Waals surface area contributed by atoms with Crippen molar-refractivity contribution in [3.63, 3.8) is 0 Å². The van der Waals surface area contributed by atoms with Crippen LogP contribution in [0.2, 0.25) is 5.15 Å². The molecule has 0 amide bonds. The van der Waals surface area contributed by atoms with Gasteiger partial charge in [-0.05, 0) is 12.1 Å². The third kappa shape index (κ3) is 1.52. The van der Waals surface area contributed by atoms with E-state index in [0.29, 0.717) is 11.4 Å². The number of rotatable bonds is 1. The average Bonchev–Trinajstić information content (AvgIpc) is 2.23. The molecule has 2 heterocycles. The first-order valence-corrected chi connectivity index (χ1v) is 4.33. The van der Waals surface area contributed by atoms with Crippen LogP contribution in [0.1, 0.15) is 0 Å². The van der Waals surface area contributed by atoms with Gasteiger partial charge < -0.3 is 5.73 Å². The largest absolute Gasteiger partial charge is 0.394 e. The highest BCUT2D eigenvalue weighted by Gasteiger charge is 2.07. The molecule has 2 aromatic rings. The van der Waals surface area contributed by atoms with Gasteiger partial charge in [-0.25, -0.2) is 9.97 Å². The van der Waals surface area contributed by atoms with E-state index >= 15 is 0 Å². The molecule has 0 spiro atoms. The smallest absolute Gasteiger partial charge is 0.155 e. The molecule has 70 valence electrons. The summed E-state index contributed by atoms with van der Waals surface area (Å²) in [6.45, 7) is 0. The third-order valence-corrected chi connectivity index (χ3v) is 2.07. The maximum absolute atomic E-state index is 5.77. The van der Waals surface area contributed by atoms with Gasteiger partial charge in [-0.1, -0.05) is 11.6 Å². The third-order valence-electron chi connectivity index (χ3n) is 1.77. The van der Waals surface area contributed by atoms with Crippen molar-refractivity contribution in [1.29, 1.82) is 0 Å². The summed E-state index contributed by atoms with van der Waals surface area (Å²) in [7, 11) is 0. The molecule has 14 heavy (non-hydrogen) atoms. The van der Waals surface area contributed by atoms with Crippen LogP contribution >= 0.6 is 11.6 Å². The van der Waals surface area contributed by atoms with E-state index in [4.69, 9.17) is 17.3 Å². The van der Waals surface area contributed by atoms with Crippen molar-refractivity contribution in [2.24, 2.45) is 0 Å². The summed E-state index contributed by atoms with van der Waals surface area (Å²) < 4.78 is 0. The van der Waals surface area contributed by atoms with Gasteiger partial charge in [0.2, 0.25) is 0 Å². The maximum atomic E-state index is 5.77. The van der Waals surface area contributed by atoms with Gasteiger partial charge in [0.25, 0.3) is 0 Å². The molecule has 0 aliphatic carbocycles. The fourth-order valence-electron chi connectivity index (χ4n) is 1.11. The first-order valence-electron chi connectivity index (χ1n) is 3.95. The van der Waals surface area contributed by atoms with Crippen molar-refractivity contribution < 1.29 is 0 Å². The van der Waals surface area contributed by atoms with Gasteiger partial charge in [0.15, 0.2) is 5.15 Å². The van der Waals surface area contributed by atoms with Crippen molar-refractivity contribution in [1.82, 2.24) is 15.0 Å². The number of halogens is 1. The number of nitrogen functional groups attached to an aromatic ring is 1. The molecule has 0 atom stereocenters. The van der Waals surface area contributed by atoms with E-state index in [2.05, 4.69) is 15.0 Å². The van der Waals surface area contributed by atoms with Crippen molar-refractivity contribution in [2.75, 3.05) is 5.73 Å². The highest BCUT2D eigenvalue weighted by atomic mass is 35.5. The highest BCUT2D eigenvalue weighted by molar-refractivity contribution is 6.32. The first-order chi connectivity index (χ1) is 6.79. The predicted molar refractivity (Wildman–Crippen MR) is 54.7 cm³/mol. The number of hydrogen-bond donors (Lipinski definition) is 1. The fraction of sp³-hybridized carbons (Fsp3) is 0. The van der Waals surface area contributed by atoms with Gasteiger partial charge in [-0.3, -0.25) is 4.98 Å². The van der Waals surface area contributed by atoms with E-state index in [1.54, 1.807) is 12.4 Å². The molecule has 0 radical (unpaired) electrons. The number of pyridine rings is 1. The Bertz CT molecular complexity index is 444. The predicted octanol–water partition coefficient (Wildman–Crippen LogP) is 1.77. The Balaban J connectivity index is 2.58. The Kier molecular flexibility index (Phi) is 2.28. The molecule has 2 rings (SSSR count). The van der Waals surface area contributed by atoms with Gasteiger partial charge in [-0.2, -0.15) is 0 Å². The lowest BCUT2D eigenvalue weighted by atomic mass is 10.2. The van der Waals surface area contributed by atoms with Crippen LogP contribution in [0.4, 0.5) is 5.69 Å². The number of hydrogen-bond acceptors (Lipinski definition) is 4. The van der Waals surface area contributed by atoms with Crippen molar-refractivity contribution in [3.05, 3.63) is 36.0 Å². The van der Waals surface area contributed by atoms with Crippen LogP contribution in [0.25, 0.3) is 11.3 Å². The zero-order chi connectivity index (χ0) is 9.97. The molecule has 5 heteroatoms. The van der Waals surface area contributed by atoms with E-state index in [0.717, 1.165) is 5.56 Å². The van der Waals surface area contributed by atoms with E-state index in [-0.39, 0.29) is 5.15 Å². The summed E-state index contributed by atoms with van der Waals surface area (Å²) in [4.78, 5) is 11.8. The maximum Gasteiger partial charge on any atom is 0.155 e. The van der Waals surface area contributed by atoms with Crippen LogP contribution in [0, 0.1) is 0 Å². The number of aromatic nitrogens is 3. The lowest BCUT2D eigenvalue weighted by Gasteiger charge is -2.03. The molecule has 0 saturated carbocycles. The molecule has 0 unspecified atom stereocenters. The van der Waals surface area contributed by atoms with E-state index < -0.39 is 0 Å². The average molecular weight is 207 g/mol. The molecule has 0 aliphatic rings. The van der Waals surface area contributed by atoms with E-state index in [9.17, 15) is 0 Å². The molecular weight excluding hydrogens is 200 g/mol. The Labute approximate surface area is 85.8 Å². The minimum Gasteiger partial charge on any atom is -0.394 e. The van der Waals surface area contributed by atoms with Gasteiger partial charge >= 0.3 is 0 Å².